The van der Waals surface area contributed by atoms with Crippen LogP contribution in [0.4, 0.5) is 4.39 Å². The molecule has 0 bridgehead atoms. The second kappa shape index (κ2) is 3.92. The van der Waals surface area contributed by atoms with Gasteiger partial charge in [0.25, 0.3) is 0 Å². The lowest BCUT2D eigenvalue weighted by Gasteiger charge is -2.03. The number of esters is 1. The van der Waals surface area contributed by atoms with Crippen molar-refractivity contribution in [3.05, 3.63) is 35.7 Å². The Kier molecular flexibility index (Phi) is 2.60. The molecule has 0 aliphatic heterocycles. The van der Waals surface area contributed by atoms with E-state index in [0.717, 1.165) is 0 Å². The van der Waals surface area contributed by atoms with E-state index in [1.807, 2.05) is 0 Å². The first-order valence-electron chi connectivity index (χ1n) is 4.93. The van der Waals surface area contributed by atoms with Gasteiger partial charge in [-0.15, -0.1) is 0 Å². The van der Waals surface area contributed by atoms with Crippen LogP contribution in [0.2, 0.25) is 0 Å². The van der Waals surface area contributed by atoms with Crippen LogP contribution in [0.15, 0.2) is 18.5 Å². The number of nitrogens with zero attached hydrogens (tertiary/aromatic N) is 2. The third-order valence-corrected chi connectivity index (χ3v) is 2.21. The Morgan fingerprint density at radius 2 is 2.38 bits per heavy atom. The SMILES string of the molecule is CCOC(=O)c1c(F)cc2cnc(C)cn12. The first kappa shape index (κ1) is 10.6. The molecule has 5 heteroatoms. The minimum absolute atomic E-state index is 0.0812. The van der Waals surface area contributed by atoms with E-state index < -0.39 is 11.8 Å². The summed E-state index contributed by atoms with van der Waals surface area (Å²) in [7, 11) is 0. The summed E-state index contributed by atoms with van der Waals surface area (Å²) in [5, 5.41) is 0. The molecule has 2 aromatic heterocycles. The molecule has 0 spiro atoms. The van der Waals surface area contributed by atoms with E-state index in [1.165, 1.54) is 16.7 Å². The molecule has 0 aromatic carbocycles. The molecule has 0 fully saturated rings. The minimum Gasteiger partial charge on any atom is -0.461 e. The van der Waals surface area contributed by atoms with Crippen LogP contribution in [0, 0.1) is 12.7 Å². The molecule has 16 heavy (non-hydrogen) atoms. The normalized spacial score (nSPS) is 10.7. The van der Waals surface area contributed by atoms with Gasteiger partial charge in [0.1, 0.15) is 0 Å². The maximum Gasteiger partial charge on any atom is 0.358 e. The molecule has 0 atom stereocenters. The first-order chi connectivity index (χ1) is 7.63. The Labute approximate surface area is 91.7 Å². The number of fused-ring (bicyclic) bond motifs is 1. The van der Waals surface area contributed by atoms with E-state index in [1.54, 1.807) is 20.0 Å². The van der Waals surface area contributed by atoms with Crippen molar-refractivity contribution < 1.29 is 13.9 Å². The molecule has 2 rings (SSSR count). The Balaban J connectivity index is 2.62. The van der Waals surface area contributed by atoms with Crippen molar-refractivity contribution in [2.24, 2.45) is 0 Å². The number of carbonyl (C=O) groups is 1. The second-order valence-electron chi connectivity index (χ2n) is 3.38. The predicted octanol–water partition coefficient (Wildman–Crippen LogP) is 1.96. The highest BCUT2D eigenvalue weighted by molar-refractivity contribution is 5.89. The van der Waals surface area contributed by atoms with Crippen molar-refractivity contribution in [2.45, 2.75) is 13.8 Å². The van der Waals surface area contributed by atoms with Crippen molar-refractivity contribution in [2.75, 3.05) is 6.61 Å². The van der Waals surface area contributed by atoms with Gasteiger partial charge in [-0.1, -0.05) is 0 Å². The van der Waals surface area contributed by atoms with Crippen LogP contribution < -0.4 is 0 Å². The zero-order valence-electron chi connectivity index (χ0n) is 9.03. The number of aromatic nitrogens is 2. The van der Waals surface area contributed by atoms with Crippen molar-refractivity contribution in [3.63, 3.8) is 0 Å². The average Bonchev–Trinajstić information content (AvgIpc) is 2.53. The summed E-state index contributed by atoms with van der Waals surface area (Å²) in [6.45, 7) is 3.67. The number of hydrogen-bond donors (Lipinski definition) is 0. The van der Waals surface area contributed by atoms with Crippen molar-refractivity contribution >= 4 is 11.5 Å². The molecule has 2 aromatic rings. The largest absolute Gasteiger partial charge is 0.461 e. The lowest BCUT2D eigenvalue weighted by Crippen LogP contribution is -2.10. The molecule has 0 saturated carbocycles. The Morgan fingerprint density at radius 1 is 1.62 bits per heavy atom. The zero-order valence-corrected chi connectivity index (χ0v) is 9.03. The summed E-state index contributed by atoms with van der Waals surface area (Å²) in [4.78, 5) is 15.6. The highest BCUT2D eigenvalue weighted by Crippen LogP contribution is 2.16. The molecule has 2 heterocycles. The van der Waals surface area contributed by atoms with Gasteiger partial charge in [-0.2, -0.15) is 0 Å². The fourth-order valence-electron chi connectivity index (χ4n) is 1.53. The van der Waals surface area contributed by atoms with Crippen LogP contribution in [0.1, 0.15) is 23.1 Å². The Bertz CT molecular complexity index is 548. The first-order valence-corrected chi connectivity index (χ1v) is 4.93. The maximum atomic E-state index is 13.6. The van der Waals surface area contributed by atoms with Crippen molar-refractivity contribution in [1.29, 1.82) is 0 Å². The molecule has 84 valence electrons. The average molecular weight is 222 g/mol. The van der Waals surface area contributed by atoms with Crippen LogP contribution >= 0.6 is 0 Å². The van der Waals surface area contributed by atoms with Gasteiger partial charge in [-0.05, 0) is 13.8 Å². The summed E-state index contributed by atoms with van der Waals surface area (Å²) in [5.41, 5.74) is 1.15. The van der Waals surface area contributed by atoms with Crippen LogP contribution in [0.3, 0.4) is 0 Å². The Hall–Kier alpha value is -1.91. The molecule has 0 aliphatic carbocycles. The van der Waals surface area contributed by atoms with Gasteiger partial charge in [0.2, 0.25) is 0 Å². The van der Waals surface area contributed by atoms with Gasteiger partial charge in [0.15, 0.2) is 11.5 Å². The van der Waals surface area contributed by atoms with Gasteiger partial charge < -0.3 is 9.14 Å². The minimum atomic E-state index is -0.661. The standard InChI is InChI=1S/C11H11FN2O2/c1-3-16-11(15)10-9(12)4-8-5-13-7(2)6-14(8)10/h4-6H,3H2,1-2H3. The van der Waals surface area contributed by atoms with E-state index in [2.05, 4.69) is 4.98 Å². The molecule has 4 nitrogen and oxygen atoms in total. The summed E-state index contributed by atoms with van der Waals surface area (Å²) in [6, 6.07) is 1.26. The van der Waals surface area contributed by atoms with Crippen molar-refractivity contribution in [3.8, 4) is 0 Å². The fraction of sp³-hybridized carbons (Fsp3) is 0.273. The summed E-state index contributed by atoms with van der Waals surface area (Å²) in [5.74, 6) is -1.25. The van der Waals surface area contributed by atoms with Gasteiger partial charge >= 0.3 is 5.97 Å². The smallest absolute Gasteiger partial charge is 0.358 e. The summed E-state index contributed by atoms with van der Waals surface area (Å²) in [6.07, 6.45) is 3.12. The predicted molar refractivity (Wildman–Crippen MR) is 55.8 cm³/mol. The van der Waals surface area contributed by atoms with Crippen LogP contribution in [0.25, 0.3) is 5.52 Å². The third-order valence-electron chi connectivity index (χ3n) is 2.21. The number of carbonyl (C=O) groups excluding carboxylic acids is 1. The number of ether oxygens (including phenoxy) is 1. The number of hydrogen-bond acceptors (Lipinski definition) is 3. The fourth-order valence-corrected chi connectivity index (χ4v) is 1.53. The van der Waals surface area contributed by atoms with Crippen LogP contribution in [-0.4, -0.2) is 22.0 Å². The molecule has 0 aliphatic rings. The van der Waals surface area contributed by atoms with Crippen LogP contribution in [0.5, 0.6) is 0 Å². The summed E-state index contributed by atoms with van der Waals surface area (Å²) >= 11 is 0. The van der Waals surface area contributed by atoms with E-state index in [0.29, 0.717) is 11.2 Å². The summed E-state index contributed by atoms with van der Waals surface area (Å²) < 4.78 is 19.8. The van der Waals surface area contributed by atoms with Gasteiger partial charge in [-0.25, -0.2) is 9.18 Å². The number of aryl methyl sites for hydroxylation is 1. The molecule has 0 amide bonds. The molecule has 0 N–H and O–H groups in total. The van der Waals surface area contributed by atoms with E-state index >= 15 is 0 Å². The highest BCUT2D eigenvalue weighted by atomic mass is 19.1. The third kappa shape index (κ3) is 1.64. The van der Waals surface area contributed by atoms with Crippen LogP contribution in [-0.2, 0) is 4.74 Å². The van der Waals surface area contributed by atoms with Gasteiger partial charge in [-0.3, -0.25) is 4.98 Å². The monoisotopic (exact) mass is 222 g/mol. The molecular formula is C11H11FN2O2. The lowest BCUT2D eigenvalue weighted by atomic mass is 10.4. The van der Waals surface area contributed by atoms with E-state index in [4.69, 9.17) is 4.74 Å². The zero-order chi connectivity index (χ0) is 11.7. The van der Waals surface area contributed by atoms with E-state index in [9.17, 15) is 9.18 Å². The number of rotatable bonds is 2. The molecule has 0 unspecified atom stereocenters. The molecule has 0 radical (unpaired) electrons. The lowest BCUT2D eigenvalue weighted by molar-refractivity contribution is 0.0513. The number of halogens is 1. The second-order valence-corrected chi connectivity index (χ2v) is 3.38. The van der Waals surface area contributed by atoms with E-state index in [-0.39, 0.29) is 12.3 Å². The highest BCUT2D eigenvalue weighted by Gasteiger charge is 2.18. The topological polar surface area (TPSA) is 43.6 Å². The van der Waals surface area contributed by atoms with Gasteiger partial charge in [0.05, 0.1) is 24.0 Å². The van der Waals surface area contributed by atoms with Crippen molar-refractivity contribution in [1.82, 2.24) is 9.38 Å². The molecular weight excluding hydrogens is 211 g/mol. The van der Waals surface area contributed by atoms with Gasteiger partial charge in [0, 0.05) is 12.3 Å². The quantitative estimate of drug-likeness (QED) is 0.729. The Morgan fingerprint density at radius 3 is 3.06 bits per heavy atom. The molecule has 0 saturated heterocycles. The maximum absolute atomic E-state index is 13.6.